The van der Waals surface area contributed by atoms with Crippen LogP contribution >= 0.6 is 15.9 Å². The SMILES string of the molecule is CCC(C)(N)COc1ccc(Br)cc1C(F)(F)F. The molecule has 18 heavy (non-hydrogen) atoms. The molecular formula is C12H15BrF3NO. The molecule has 102 valence electrons. The molecule has 0 saturated heterocycles. The molecule has 1 aromatic carbocycles. The van der Waals surface area contributed by atoms with Crippen LogP contribution in [0, 0.1) is 0 Å². The highest BCUT2D eigenvalue weighted by Gasteiger charge is 2.35. The van der Waals surface area contributed by atoms with Gasteiger partial charge in [-0.25, -0.2) is 0 Å². The highest BCUT2D eigenvalue weighted by atomic mass is 79.9. The van der Waals surface area contributed by atoms with Crippen molar-refractivity contribution in [1.29, 1.82) is 0 Å². The van der Waals surface area contributed by atoms with E-state index in [1.807, 2.05) is 6.92 Å². The number of ether oxygens (including phenoxy) is 1. The maximum atomic E-state index is 12.8. The first-order valence-corrected chi connectivity index (χ1v) is 6.23. The number of hydrogen-bond donors (Lipinski definition) is 1. The Morgan fingerprint density at radius 2 is 1.94 bits per heavy atom. The molecule has 0 radical (unpaired) electrons. The summed E-state index contributed by atoms with van der Waals surface area (Å²) in [7, 11) is 0. The number of rotatable bonds is 4. The Morgan fingerprint density at radius 1 is 1.33 bits per heavy atom. The van der Waals surface area contributed by atoms with Gasteiger partial charge in [0.05, 0.1) is 5.56 Å². The summed E-state index contributed by atoms with van der Waals surface area (Å²) < 4.78 is 44.0. The molecule has 0 spiro atoms. The Labute approximate surface area is 112 Å². The third kappa shape index (κ3) is 4.17. The van der Waals surface area contributed by atoms with E-state index in [-0.39, 0.29) is 12.4 Å². The fraction of sp³-hybridized carbons (Fsp3) is 0.500. The average molecular weight is 326 g/mol. The molecule has 1 unspecified atom stereocenters. The molecule has 0 fully saturated rings. The van der Waals surface area contributed by atoms with E-state index in [4.69, 9.17) is 10.5 Å². The second-order valence-corrected chi connectivity index (χ2v) is 5.35. The van der Waals surface area contributed by atoms with Crippen LogP contribution in [0.5, 0.6) is 5.75 Å². The van der Waals surface area contributed by atoms with Gasteiger partial charge in [0.25, 0.3) is 0 Å². The Hall–Kier alpha value is -0.750. The summed E-state index contributed by atoms with van der Waals surface area (Å²) in [6.45, 7) is 3.63. The number of alkyl halides is 3. The van der Waals surface area contributed by atoms with Gasteiger partial charge in [0.1, 0.15) is 12.4 Å². The van der Waals surface area contributed by atoms with Crippen LogP contribution in [0.25, 0.3) is 0 Å². The van der Waals surface area contributed by atoms with Gasteiger partial charge in [-0.2, -0.15) is 13.2 Å². The van der Waals surface area contributed by atoms with Gasteiger partial charge in [-0.05, 0) is 31.5 Å². The minimum absolute atomic E-state index is 0.0359. The normalized spacial score (nSPS) is 15.3. The maximum Gasteiger partial charge on any atom is 0.420 e. The summed E-state index contributed by atoms with van der Waals surface area (Å²) in [5.41, 5.74) is 4.39. The quantitative estimate of drug-likeness (QED) is 0.908. The number of halogens is 4. The van der Waals surface area contributed by atoms with E-state index in [9.17, 15) is 13.2 Å². The topological polar surface area (TPSA) is 35.2 Å². The largest absolute Gasteiger partial charge is 0.491 e. The highest BCUT2D eigenvalue weighted by Crippen LogP contribution is 2.38. The molecule has 2 nitrogen and oxygen atoms in total. The van der Waals surface area contributed by atoms with Crippen molar-refractivity contribution in [1.82, 2.24) is 0 Å². The highest BCUT2D eigenvalue weighted by molar-refractivity contribution is 9.10. The standard InChI is InChI=1S/C12H15BrF3NO/c1-3-11(2,17)7-18-10-5-4-8(13)6-9(10)12(14,15)16/h4-6H,3,7,17H2,1-2H3. The molecule has 1 aromatic rings. The van der Waals surface area contributed by atoms with Crippen LogP contribution in [0.15, 0.2) is 22.7 Å². The molecule has 0 amide bonds. The minimum Gasteiger partial charge on any atom is -0.491 e. The third-order valence-corrected chi connectivity index (χ3v) is 3.11. The first-order chi connectivity index (χ1) is 8.15. The van der Waals surface area contributed by atoms with Crippen LogP contribution in [0.2, 0.25) is 0 Å². The summed E-state index contributed by atoms with van der Waals surface area (Å²) in [6, 6.07) is 3.79. The van der Waals surface area contributed by atoms with Crippen molar-refractivity contribution >= 4 is 15.9 Å². The third-order valence-electron chi connectivity index (χ3n) is 2.61. The predicted octanol–water partition coefficient (Wildman–Crippen LogP) is 3.97. The average Bonchev–Trinajstić information content (AvgIpc) is 2.26. The molecule has 1 rings (SSSR count). The zero-order valence-corrected chi connectivity index (χ0v) is 11.7. The van der Waals surface area contributed by atoms with Gasteiger partial charge in [0, 0.05) is 10.0 Å². The van der Waals surface area contributed by atoms with Crippen molar-refractivity contribution in [3.63, 3.8) is 0 Å². The van der Waals surface area contributed by atoms with E-state index in [1.54, 1.807) is 6.92 Å². The second-order valence-electron chi connectivity index (χ2n) is 4.43. The molecule has 0 aliphatic carbocycles. The molecule has 0 heterocycles. The van der Waals surface area contributed by atoms with Gasteiger partial charge >= 0.3 is 6.18 Å². The Morgan fingerprint density at radius 3 is 2.44 bits per heavy atom. The molecule has 1 atom stereocenters. The molecule has 0 saturated carbocycles. The minimum atomic E-state index is -4.45. The van der Waals surface area contributed by atoms with Crippen molar-refractivity contribution < 1.29 is 17.9 Å². The Kier molecular flexibility index (Phi) is 4.66. The monoisotopic (exact) mass is 325 g/mol. The summed E-state index contributed by atoms with van der Waals surface area (Å²) in [5.74, 6) is -0.198. The van der Waals surface area contributed by atoms with Crippen molar-refractivity contribution in [2.75, 3.05) is 6.61 Å². The molecule has 6 heteroatoms. The van der Waals surface area contributed by atoms with E-state index in [0.29, 0.717) is 10.9 Å². The van der Waals surface area contributed by atoms with Crippen molar-refractivity contribution in [3.05, 3.63) is 28.2 Å². The van der Waals surface area contributed by atoms with Crippen LogP contribution < -0.4 is 10.5 Å². The van der Waals surface area contributed by atoms with Crippen LogP contribution in [0.1, 0.15) is 25.8 Å². The lowest BCUT2D eigenvalue weighted by atomic mass is 10.0. The second kappa shape index (κ2) is 5.48. The molecule has 2 N–H and O–H groups in total. The lowest BCUT2D eigenvalue weighted by Crippen LogP contribution is -2.41. The van der Waals surface area contributed by atoms with Gasteiger partial charge < -0.3 is 10.5 Å². The lowest BCUT2D eigenvalue weighted by molar-refractivity contribution is -0.139. The van der Waals surface area contributed by atoms with E-state index < -0.39 is 17.3 Å². The van der Waals surface area contributed by atoms with Crippen LogP contribution in [-0.4, -0.2) is 12.1 Å². The fourth-order valence-electron chi connectivity index (χ4n) is 1.19. The van der Waals surface area contributed by atoms with Gasteiger partial charge in [-0.1, -0.05) is 22.9 Å². The lowest BCUT2D eigenvalue weighted by Gasteiger charge is -2.24. The summed E-state index contributed by atoms with van der Waals surface area (Å²) >= 11 is 3.01. The zero-order valence-electron chi connectivity index (χ0n) is 10.1. The predicted molar refractivity (Wildman–Crippen MR) is 67.5 cm³/mol. The molecule has 0 aromatic heterocycles. The number of hydrogen-bond acceptors (Lipinski definition) is 2. The molecular weight excluding hydrogens is 311 g/mol. The molecule has 0 bridgehead atoms. The summed E-state index contributed by atoms with van der Waals surface area (Å²) in [6.07, 6.45) is -3.83. The van der Waals surface area contributed by atoms with Crippen molar-refractivity contribution in [2.24, 2.45) is 5.73 Å². The number of benzene rings is 1. The van der Waals surface area contributed by atoms with Crippen molar-refractivity contribution in [2.45, 2.75) is 32.0 Å². The van der Waals surface area contributed by atoms with Gasteiger partial charge in [0.2, 0.25) is 0 Å². The summed E-state index contributed by atoms with van der Waals surface area (Å²) in [4.78, 5) is 0. The van der Waals surface area contributed by atoms with Crippen LogP contribution in [-0.2, 0) is 6.18 Å². The van der Waals surface area contributed by atoms with Gasteiger partial charge in [0.15, 0.2) is 0 Å². The zero-order chi connectivity index (χ0) is 14.0. The van der Waals surface area contributed by atoms with E-state index in [2.05, 4.69) is 15.9 Å². The van der Waals surface area contributed by atoms with Crippen LogP contribution in [0.4, 0.5) is 13.2 Å². The van der Waals surface area contributed by atoms with Gasteiger partial charge in [-0.3, -0.25) is 0 Å². The van der Waals surface area contributed by atoms with Crippen LogP contribution in [0.3, 0.4) is 0 Å². The first kappa shape index (κ1) is 15.3. The smallest absolute Gasteiger partial charge is 0.420 e. The fourth-order valence-corrected chi connectivity index (χ4v) is 1.56. The Bertz CT molecular complexity index is 418. The maximum absolute atomic E-state index is 12.8. The summed E-state index contributed by atoms with van der Waals surface area (Å²) in [5, 5.41) is 0. The number of nitrogens with two attached hydrogens (primary N) is 1. The van der Waals surface area contributed by atoms with E-state index >= 15 is 0 Å². The Balaban J connectivity index is 2.96. The van der Waals surface area contributed by atoms with E-state index in [1.165, 1.54) is 12.1 Å². The van der Waals surface area contributed by atoms with Gasteiger partial charge in [-0.15, -0.1) is 0 Å². The van der Waals surface area contributed by atoms with E-state index in [0.717, 1.165) is 6.07 Å². The molecule has 0 aliphatic heterocycles. The molecule has 0 aliphatic rings. The first-order valence-electron chi connectivity index (χ1n) is 5.44. The van der Waals surface area contributed by atoms with Crippen molar-refractivity contribution in [3.8, 4) is 5.75 Å².